The Morgan fingerprint density at radius 3 is 2.45 bits per heavy atom. The molecule has 2 aliphatic rings. The molecule has 38 heavy (non-hydrogen) atoms. The molecular weight excluding hydrogens is 503 g/mol. The molecule has 0 aromatic heterocycles. The summed E-state index contributed by atoms with van der Waals surface area (Å²) in [4.78, 5) is 24.1. The largest absolute Gasteiger partial charge is 0.493 e. The van der Waals surface area contributed by atoms with Gasteiger partial charge in [-0.05, 0) is 68.1 Å². The summed E-state index contributed by atoms with van der Waals surface area (Å²) in [6.07, 6.45) is -2.23. The van der Waals surface area contributed by atoms with Gasteiger partial charge in [0.1, 0.15) is 0 Å². The highest BCUT2D eigenvalue weighted by atomic mass is 19.4. The molecule has 204 valence electrons. The number of carbonyl (C=O) groups excluding carboxylic acids is 1. The summed E-state index contributed by atoms with van der Waals surface area (Å²) in [5.41, 5.74) is 2.38. The number of likely N-dealkylation sites (tertiary alicyclic amines) is 1. The van der Waals surface area contributed by atoms with Crippen molar-refractivity contribution in [3.8, 4) is 17.6 Å². The number of nitrogens with zero attached hydrogens (tertiary/aromatic N) is 2. The molecule has 1 aliphatic heterocycles. The van der Waals surface area contributed by atoms with Crippen LogP contribution in [0.5, 0.6) is 11.5 Å². The highest BCUT2D eigenvalue weighted by Gasteiger charge is 2.50. The van der Waals surface area contributed by atoms with Crippen molar-refractivity contribution in [1.29, 1.82) is 5.26 Å². The molecule has 2 aromatic carbocycles. The van der Waals surface area contributed by atoms with Crippen molar-refractivity contribution in [2.24, 2.45) is 5.92 Å². The van der Waals surface area contributed by atoms with Crippen molar-refractivity contribution in [1.82, 2.24) is 10.2 Å². The van der Waals surface area contributed by atoms with E-state index in [2.05, 4.69) is 35.5 Å². The van der Waals surface area contributed by atoms with E-state index in [-0.39, 0.29) is 17.4 Å². The number of hydrogen-bond donors (Lipinski definition) is 2. The van der Waals surface area contributed by atoms with Gasteiger partial charge in [0.25, 0.3) is 5.91 Å². The molecule has 1 heterocycles. The minimum absolute atomic E-state index is 0.0518. The Hall–Kier alpha value is -3.78. The van der Waals surface area contributed by atoms with Crippen LogP contribution in [-0.2, 0) is 10.2 Å². The normalized spacial score (nSPS) is 22.8. The lowest BCUT2D eigenvalue weighted by Gasteiger charge is -2.43. The van der Waals surface area contributed by atoms with Crippen molar-refractivity contribution in [2.45, 2.75) is 36.9 Å². The molecule has 2 aromatic rings. The summed E-state index contributed by atoms with van der Waals surface area (Å²) in [5, 5.41) is 19.4. The molecule has 8 nitrogen and oxygen atoms in total. The molecule has 1 saturated heterocycles. The van der Waals surface area contributed by atoms with Crippen molar-refractivity contribution in [2.75, 3.05) is 34.4 Å². The SMILES string of the molecule is COc1ccc(C23CCC(NC(=O)c4cccc(C#N)c4)CC2CN(C)C3)cc1OC.O=C(O)C(F)(F)F. The molecule has 0 radical (unpaired) electrons. The second-order valence-corrected chi connectivity index (χ2v) is 9.56. The fourth-order valence-corrected chi connectivity index (χ4v) is 5.45. The first-order valence-corrected chi connectivity index (χ1v) is 12.0. The molecule has 4 rings (SSSR count). The number of hydrogen-bond acceptors (Lipinski definition) is 6. The third-order valence-corrected chi connectivity index (χ3v) is 7.16. The number of benzene rings is 2. The van der Waals surface area contributed by atoms with Crippen LogP contribution in [0.25, 0.3) is 0 Å². The van der Waals surface area contributed by atoms with Gasteiger partial charge >= 0.3 is 12.1 Å². The number of nitrogens with one attached hydrogen (secondary N) is 1. The molecule has 0 bridgehead atoms. The number of rotatable bonds is 5. The van der Waals surface area contributed by atoms with Gasteiger partial charge in [0, 0.05) is 30.1 Å². The van der Waals surface area contributed by atoms with Gasteiger partial charge < -0.3 is 24.8 Å². The second-order valence-electron chi connectivity index (χ2n) is 9.56. The monoisotopic (exact) mass is 533 g/mol. The molecule has 3 unspecified atom stereocenters. The molecule has 11 heteroatoms. The van der Waals surface area contributed by atoms with Crippen molar-refractivity contribution in [3.63, 3.8) is 0 Å². The number of amides is 1. The lowest BCUT2D eigenvalue weighted by Crippen LogP contribution is -2.47. The quantitative estimate of drug-likeness (QED) is 0.598. The minimum Gasteiger partial charge on any atom is -0.493 e. The van der Waals surface area contributed by atoms with E-state index in [1.54, 1.807) is 38.5 Å². The number of carbonyl (C=O) groups is 2. The number of fused-ring (bicyclic) bond motifs is 1. The van der Waals surface area contributed by atoms with Gasteiger partial charge in [0.2, 0.25) is 0 Å². The predicted molar refractivity (Wildman–Crippen MR) is 132 cm³/mol. The van der Waals surface area contributed by atoms with Gasteiger partial charge in [-0.3, -0.25) is 4.79 Å². The summed E-state index contributed by atoms with van der Waals surface area (Å²) in [5.74, 6) is -0.916. The fourth-order valence-electron chi connectivity index (χ4n) is 5.45. The number of aliphatic carboxylic acids is 1. The summed E-state index contributed by atoms with van der Waals surface area (Å²) in [6, 6.07) is 15.4. The van der Waals surface area contributed by atoms with E-state index < -0.39 is 12.1 Å². The van der Waals surface area contributed by atoms with Crippen LogP contribution in [0.3, 0.4) is 0 Å². The van der Waals surface area contributed by atoms with E-state index in [1.165, 1.54) is 5.56 Å². The molecule has 1 saturated carbocycles. The van der Waals surface area contributed by atoms with E-state index in [0.717, 1.165) is 43.9 Å². The molecule has 2 N–H and O–H groups in total. The van der Waals surface area contributed by atoms with Crippen LogP contribution in [0.2, 0.25) is 0 Å². The molecule has 2 fully saturated rings. The number of likely N-dealkylation sites (N-methyl/N-ethyl adjacent to an activating group) is 1. The van der Waals surface area contributed by atoms with Crippen LogP contribution in [0.4, 0.5) is 13.2 Å². The smallest absolute Gasteiger partial charge is 0.490 e. The average Bonchev–Trinajstić information content (AvgIpc) is 3.24. The van der Waals surface area contributed by atoms with Gasteiger partial charge in [-0.15, -0.1) is 0 Å². The summed E-state index contributed by atoms with van der Waals surface area (Å²) in [7, 11) is 5.50. The Balaban J connectivity index is 0.000000505. The van der Waals surface area contributed by atoms with Gasteiger partial charge in [0.05, 0.1) is 25.9 Å². The molecule has 0 spiro atoms. The van der Waals surface area contributed by atoms with Gasteiger partial charge in [-0.2, -0.15) is 18.4 Å². The van der Waals surface area contributed by atoms with Gasteiger partial charge in [-0.1, -0.05) is 12.1 Å². The Morgan fingerprint density at radius 1 is 1.16 bits per heavy atom. The Kier molecular flexibility index (Phi) is 8.89. The van der Waals surface area contributed by atoms with E-state index in [0.29, 0.717) is 17.0 Å². The Morgan fingerprint density at radius 2 is 1.84 bits per heavy atom. The number of alkyl halides is 3. The molecule has 1 amide bonds. The first kappa shape index (κ1) is 28.8. The van der Waals surface area contributed by atoms with Crippen molar-refractivity contribution >= 4 is 11.9 Å². The van der Waals surface area contributed by atoms with E-state index in [9.17, 15) is 18.0 Å². The zero-order valence-corrected chi connectivity index (χ0v) is 21.3. The van der Waals surface area contributed by atoms with Crippen LogP contribution >= 0.6 is 0 Å². The Labute approximate surface area is 219 Å². The predicted octanol–water partition coefficient (Wildman–Crippen LogP) is 3.99. The Bertz CT molecular complexity index is 1210. The van der Waals surface area contributed by atoms with E-state index in [4.69, 9.17) is 24.6 Å². The fraction of sp³-hybridized carbons (Fsp3) is 0.444. The van der Waals surface area contributed by atoms with E-state index >= 15 is 0 Å². The minimum atomic E-state index is -5.08. The highest BCUT2D eigenvalue weighted by Crippen LogP contribution is 2.49. The second kappa shape index (κ2) is 11.7. The van der Waals surface area contributed by atoms with Crippen LogP contribution in [-0.4, -0.2) is 68.5 Å². The number of nitriles is 1. The molecule has 3 atom stereocenters. The van der Waals surface area contributed by atoms with Crippen LogP contribution in [0, 0.1) is 17.2 Å². The zero-order chi connectivity index (χ0) is 28.1. The first-order valence-electron chi connectivity index (χ1n) is 12.0. The molecular formula is C27H30F3N3O5. The van der Waals surface area contributed by atoms with Crippen LogP contribution in [0.15, 0.2) is 42.5 Å². The van der Waals surface area contributed by atoms with Crippen LogP contribution < -0.4 is 14.8 Å². The number of methoxy groups -OCH3 is 2. The lowest BCUT2D eigenvalue weighted by molar-refractivity contribution is -0.192. The average molecular weight is 534 g/mol. The zero-order valence-electron chi connectivity index (χ0n) is 21.3. The number of ether oxygens (including phenoxy) is 2. The maximum absolute atomic E-state index is 12.8. The summed E-state index contributed by atoms with van der Waals surface area (Å²) >= 11 is 0. The lowest BCUT2D eigenvalue weighted by atomic mass is 9.63. The maximum Gasteiger partial charge on any atom is 0.490 e. The van der Waals surface area contributed by atoms with Crippen LogP contribution in [0.1, 0.15) is 40.7 Å². The molecule has 1 aliphatic carbocycles. The van der Waals surface area contributed by atoms with Crippen molar-refractivity contribution in [3.05, 3.63) is 59.2 Å². The highest BCUT2D eigenvalue weighted by molar-refractivity contribution is 5.94. The number of carboxylic acids is 1. The summed E-state index contributed by atoms with van der Waals surface area (Å²) in [6.45, 7) is 2.00. The van der Waals surface area contributed by atoms with Gasteiger partial charge in [-0.25, -0.2) is 4.79 Å². The topological polar surface area (TPSA) is 112 Å². The third kappa shape index (κ3) is 6.37. The van der Waals surface area contributed by atoms with E-state index in [1.807, 2.05) is 6.07 Å². The number of carboxylic acid groups (broad SMARTS) is 1. The maximum atomic E-state index is 12.8. The summed E-state index contributed by atoms with van der Waals surface area (Å²) < 4.78 is 42.7. The van der Waals surface area contributed by atoms with Crippen molar-refractivity contribution < 1.29 is 37.3 Å². The van der Waals surface area contributed by atoms with Gasteiger partial charge in [0.15, 0.2) is 11.5 Å². The standard InChI is InChI=1S/C25H29N3O3.C2HF3O2/c1-28-15-20-12-21(27-24(29)18-6-4-5-17(11-18)14-26)9-10-25(20,16-28)19-7-8-22(30-2)23(13-19)31-3;3-2(4,5)1(6)7/h4-8,11,13,20-21H,9-10,12,15-16H2,1-3H3,(H,27,29);(H,6,7). The first-order chi connectivity index (χ1) is 17.9. The third-order valence-electron chi connectivity index (χ3n) is 7.16. The number of halogens is 3.